The van der Waals surface area contributed by atoms with Crippen LogP contribution in [0.5, 0.6) is 0 Å². The number of nitrogens with zero attached hydrogens (tertiary/aromatic N) is 1. The molecule has 0 bridgehead atoms. The van der Waals surface area contributed by atoms with Crippen LogP contribution < -0.4 is 10.6 Å². The molecule has 0 aliphatic carbocycles. The normalized spacial score (nSPS) is 14.7. The van der Waals surface area contributed by atoms with E-state index in [9.17, 15) is 14.4 Å². The average molecular weight is 409 g/mol. The lowest BCUT2D eigenvalue weighted by Crippen LogP contribution is -2.43. The van der Waals surface area contributed by atoms with Gasteiger partial charge in [0.25, 0.3) is 0 Å². The van der Waals surface area contributed by atoms with Gasteiger partial charge in [0, 0.05) is 31.4 Å². The van der Waals surface area contributed by atoms with Gasteiger partial charge in [-0.2, -0.15) is 0 Å². The highest BCUT2D eigenvalue weighted by molar-refractivity contribution is 6.39. The van der Waals surface area contributed by atoms with E-state index in [4.69, 9.17) is 4.42 Å². The van der Waals surface area contributed by atoms with Gasteiger partial charge < -0.3 is 20.0 Å². The van der Waals surface area contributed by atoms with Crippen molar-refractivity contribution in [1.29, 1.82) is 0 Å². The minimum Gasteiger partial charge on any atom is -0.465 e. The van der Waals surface area contributed by atoms with Crippen molar-refractivity contribution in [2.45, 2.75) is 26.7 Å². The second-order valence-electron chi connectivity index (χ2n) is 7.53. The Morgan fingerprint density at radius 1 is 1.10 bits per heavy atom. The van der Waals surface area contributed by atoms with Crippen molar-refractivity contribution in [1.82, 2.24) is 10.2 Å². The minimum atomic E-state index is -0.667. The molecule has 1 aliphatic rings. The lowest BCUT2D eigenvalue weighted by molar-refractivity contribution is -0.136. The Labute approximate surface area is 176 Å². The lowest BCUT2D eigenvalue weighted by Gasteiger charge is -2.31. The number of anilines is 1. The Morgan fingerprint density at radius 2 is 1.87 bits per heavy atom. The van der Waals surface area contributed by atoms with Crippen LogP contribution in [0.25, 0.3) is 6.08 Å². The summed E-state index contributed by atoms with van der Waals surface area (Å²) in [5.74, 6) is -0.488. The third kappa shape index (κ3) is 5.59. The molecule has 1 fully saturated rings. The molecule has 1 saturated heterocycles. The van der Waals surface area contributed by atoms with Crippen LogP contribution >= 0.6 is 0 Å². The fraction of sp³-hybridized carbons (Fsp3) is 0.348. The van der Waals surface area contributed by atoms with Gasteiger partial charge in [0.15, 0.2) is 0 Å². The Balaban J connectivity index is 1.40. The number of furan rings is 1. The van der Waals surface area contributed by atoms with Crippen LogP contribution in [0.2, 0.25) is 0 Å². The topological polar surface area (TPSA) is 91.7 Å². The van der Waals surface area contributed by atoms with Gasteiger partial charge in [0.2, 0.25) is 5.91 Å². The molecule has 2 aromatic rings. The third-order valence-electron chi connectivity index (χ3n) is 5.47. The summed E-state index contributed by atoms with van der Waals surface area (Å²) < 4.78 is 5.18. The fourth-order valence-corrected chi connectivity index (χ4v) is 3.39. The maximum atomic E-state index is 12.3. The number of hydrogen-bond acceptors (Lipinski definition) is 4. The zero-order chi connectivity index (χ0) is 21.5. The van der Waals surface area contributed by atoms with Crippen LogP contribution in [0.15, 0.2) is 47.1 Å². The Kier molecular flexibility index (Phi) is 7.06. The van der Waals surface area contributed by atoms with Gasteiger partial charge >= 0.3 is 11.8 Å². The predicted molar refractivity (Wildman–Crippen MR) is 115 cm³/mol. The van der Waals surface area contributed by atoms with Crippen molar-refractivity contribution >= 4 is 29.5 Å². The number of amides is 3. The highest BCUT2D eigenvalue weighted by atomic mass is 16.3. The number of carbonyl (C=O) groups is 3. The molecule has 7 heteroatoms. The number of rotatable bonds is 5. The first-order valence-corrected chi connectivity index (χ1v) is 10.1. The first kappa shape index (κ1) is 21.4. The van der Waals surface area contributed by atoms with E-state index in [0.717, 1.165) is 24.0 Å². The van der Waals surface area contributed by atoms with E-state index in [2.05, 4.69) is 10.6 Å². The van der Waals surface area contributed by atoms with Crippen molar-refractivity contribution in [2.75, 3.05) is 25.0 Å². The molecule has 0 unspecified atom stereocenters. The van der Waals surface area contributed by atoms with Crippen LogP contribution in [0.3, 0.4) is 0 Å². The standard InChI is InChI=1S/C23H27N3O4/c1-16-5-3-7-20(17(16)2)25-23(29)22(28)24-15-18-10-12-26(13-11-18)21(27)9-8-19-6-4-14-30-19/h3-9,14,18H,10-13,15H2,1-2H3,(H,24,28)(H,25,29)/b9-8+. The number of carbonyl (C=O) groups excluding carboxylic acids is 3. The summed E-state index contributed by atoms with van der Waals surface area (Å²) in [4.78, 5) is 38.4. The molecule has 1 aromatic heterocycles. The minimum absolute atomic E-state index is 0.0539. The summed E-state index contributed by atoms with van der Waals surface area (Å²) >= 11 is 0. The molecule has 30 heavy (non-hydrogen) atoms. The second-order valence-corrected chi connectivity index (χ2v) is 7.53. The van der Waals surface area contributed by atoms with E-state index in [0.29, 0.717) is 31.1 Å². The highest BCUT2D eigenvalue weighted by Gasteiger charge is 2.23. The molecule has 1 aromatic carbocycles. The maximum absolute atomic E-state index is 12.3. The van der Waals surface area contributed by atoms with Crippen LogP contribution in [0.4, 0.5) is 5.69 Å². The number of aryl methyl sites for hydroxylation is 1. The van der Waals surface area contributed by atoms with Crippen molar-refractivity contribution in [3.63, 3.8) is 0 Å². The van der Waals surface area contributed by atoms with Gasteiger partial charge in [-0.25, -0.2) is 0 Å². The number of nitrogens with one attached hydrogen (secondary N) is 2. The first-order chi connectivity index (χ1) is 14.4. The highest BCUT2D eigenvalue weighted by Crippen LogP contribution is 2.19. The number of likely N-dealkylation sites (tertiary alicyclic amines) is 1. The summed E-state index contributed by atoms with van der Waals surface area (Å²) in [6.45, 7) is 5.52. The molecule has 1 aliphatic heterocycles. The smallest absolute Gasteiger partial charge is 0.313 e. The second kappa shape index (κ2) is 9.91. The number of piperidine rings is 1. The monoisotopic (exact) mass is 409 g/mol. The quantitative estimate of drug-likeness (QED) is 0.587. The van der Waals surface area contributed by atoms with Gasteiger partial charge in [0.05, 0.1) is 6.26 Å². The number of benzene rings is 1. The molecule has 2 N–H and O–H groups in total. The summed E-state index contributed by atoms with van der Waals surface area (Å²) in [7, 11) is 0. The van der Waals surface area contributed by atoms with E-state index in [1.54, 1.807) is 35.4 Å². The van der Waals surface area contributed by atoms with Gasteiger partial charge in [-0.3, -0.25) is 14.4 Å². The van der Waals surface area contributed by atoms with E-state index >= 15 is 0 Å². The number of hydrogen-bond donors (Lipinski definition) is 2. The zero-order valence-corrected chi connectivity index (χ0v) is 17.3. The van der Waals surface area contributed by atoms with Crippen LogP contribution in [0, 0.1) is 19.8 Å². The van der Waals surface area contributed by atoms with Crippen molar-refractivity contribution < 1.29 is 18.8 Å². The van der Waals surface area contributed by atoms with Crippen molar-refractivity contribution in [2.24, 2.45) is 5.92 Å². The van der Waals surface area contributed by atoms with E-state index < -0.39 is 11.8 Å². The van der Waals surface area contributed by atoms with Crippen LogP contribution in [-0.2, 0) is 14.4 Å². The molecule has 7 nitrogen and oxygen atoms in total. The molecule has 0 radical (unpaired) electrons. The van der Waals surface area contributed by atoms with Gasteiger partial charge in [-0.15, -0.1) is 0 Å². The first-order valence-electron chi connectivity index (χ1n) is 10.1. The summed E-state index contributed by atoms with van der Waals surface area (Å²) in [5.41, 5.74) is 2.63. The third-order valence-corrected chi connectivity index (χ3v) is 5.47. The van der Waals surface area contributed by atoms with E-state index in [1.165, 1.54) is 6.08 Å². The maximum Gasteiger partial charge on any atom is 0.313 e. The summed E-state index contributed by atoms with van der Waals surface area (Å²) in [6.07, 6.45) is 6.28. The average Bonchev–Trinajstić information content (AvgIpc) is 3.27. The molecule has 3 rings (SSSR count). The SMILES string of the molecule is Cc1cccc(NC(=O)C(=O)NCC2CCN(C(=O)/C=C/c3ccco3)CC2)c1C. The Bertz CT molecular complexity index is 926. The molecule has 2 heterocycles. The van der Waals surface area contributed by atoms with Crippen molar-refractivity contribution in [3.8, 4) is 0 Å². The van der Waals surface area contributed by atoms with Crippen molar-refractivity contribution in [3.05, 3.63) is 59.6 Å². The van der Waals surface area contributed by atoms with E-state index in [-0.39, 0.29) is 11.8 Å². The van der Waals surface area contributed by atoms with Gasteiger partial charge in [-0.1, -0.05) is 12.1 Å². The van der Waals surface area contributed by atoms with E-state index in [1.807, 2.05) is 26.0 Å². The summed E-state index contributed by atoms with van der Waals surface area (Å²) in [5, 5.41) is 5.38. The van der Waals surface area contributed by atoms with Crippen LogP contribution in [0.1, 0.15) is 29.7 Å². The summed E-state index contributed by atoms with van der Waals surface area (Å²) in [6, 6.07) is 9.13. The Morgan fingerprint density at radius 3 is 2.57 bits per heavy atom. The molecular formula is C23H27N3O4. The molecule has 0 saturated carbocycles. The van der Waals surface area contributed by atoms with Gasteiger partial charge in [-0.05, 0) is 68.0 Å². The lowest BCUT2D eigenvalue weighted by atomic mass is 9.96. The molecule has 158 valence electrons. The molecule has 3 amide bonds. The fourth-order valence-electron chi connectivity index (χ4n) is 3.39. The Hall–Kier alpha value is -3.35. The van der Waals surface area contributed by atoms with Gasteiger partial charge in [0.1, 0.15) is 5.76 Å². The largest absolute Gasteiger partial charge is 0.465 e. The molecule has 0 spiro atoms. The predicted octanol–water partition coefficient (Wildman–Crippen LogP) is 2.90. The molecular weight excluding hydrogens is 382 g/mol. The molecule has 0 atom stereocenters. The zero-order valence-electron chi connectivity index (χ0n) is 17.3. The van der Waals surface area contributed by atoms with Crippen LogP contribution in [-0.4, -0.2) is 42.3 Å².